The van der Waals surface area contributed by atoms with E-state index < -0.39 is 11.9 Å². The van der Waals surface area contributed by atoms with Crippen molar-refractivity contribution in [1.29, 1.82) is 0 Å². The molecule has 1 heterocycles. The van der Waals surface area contributed by atoms with Crippen LogP contribution in [-0.2, 0) is 9.59 Å². The predicted molar refractivity (Wildman–Crippen MR) is 59.8 cm³/mol. The lowest BCUT2D eigenvalue weighted by molar-refractivity contribution is -0.138. The summed E-state index contributed by atoms with van der Waals surface area (Å²) in [7, 11) is 0. The molecule has 6 heteroatoms. The van der Waals surface area contributed by atoms with Crippen molar-refractivity contribution < 1.29 is 19.5 Å². The van der Waals surface area contributed by atoms with Gasteiger partial charge in [-0.1, -0.05) is 0 Å². The fourth-order valence-corrected chi connectivity index (χ4v) is 1.87. The van der Waals surface area contributed by atoms with Gasteiger partial charge in [0.2, 0.25) is 5.91 Å². The smallest absolute Gasteiger partial charge is 0.303 e. The Balaban J connectivity index is 2.59. The molecule has 1 aromatic rings. The third kappa shape index (κ3) is 3.47. The number of carbonyl (C=O) groups excluding carboxylic acids is 2. The molecule has 0 atom stereocenters. The molecule has 86 valence electrons. The highest BCUT2D eigenvalue weighted by Gasteiger charge is 2.12. The fraction of sp³-hybridized carbons (Fsp3) is 0.300. The molecule has 0 saturated heterocycles. The lowest BCUT2D eigenvalue weighted by Crippen LogP contribution is -2.14. The average Bonchev–Trinajstić information content (AvgIpc) is 2.62. The molecular weight excluding hydrogens is 230 g/mol. The van der Waals surface area contributed by atoms with Crippen LogP contribution in [0.25, 0.3) is 0 Å². The van der Waals surface area contributed by atoms with Crippen LogP contribution in [0.5, 0.6) is 0 Å². The molecule has 1 aromatic heterocycles. The minimum absolute atomic E-state index is 0.0947. The monoisotopic (exact) mass is 241 g/mol. The molecule has 0 bridgehead atoms. The predicted octanol–water partition coefficient (Wildman–Crippen LogP) is 1.75. The van der Waals surface area contributed by atoms with Gasteiger partial charge in [-0.2, -0.15) is 0 Å². The summed E-state index contributed by atoms with van der Waals surface area (Å²) in [6.45, 7) is 1.42. The van der Waals surface area contributed by atoms with Crippen molar-refractivity contribution in [2.24, 2.45) is 0 Å². The first-order valence-electron chi connectivity index (χ1n) is 4.60. The molecule has 2 N–H and O–H groups in total. The first-order valence-corrected chi connectivity index (χ1v) is 5.48. The Bertz CT molecular complexity index is 424. The van der Waals surface area contributed by atoms with Crippen LogP contribution in [0.2, 0.25) is 0 Å². The zero-order valence-corrected chi connectivity index (χ0v) is 9.47. The van der Waals surface area contributed by atoms with Gasteiger partial charge in [-0.3, -0.25) is 14.4 Å². The number of carboxylic acid groups (broad SMARTS) is 1. The van der Waals surface area contributed by atoms with Gasteiger partial charge < -0.3 is 10.4 Å². The number of aliphatic carboxylic acids is 1. The molecule has 0 saturated carbocycles. The van der Waals surface area contributed by atoms with Gasteiger partial charge in [0.25, 0.3) is 0 Å². The summed E-state index contributed by atoms with van der Waals surface area (Å²) >= 11 is 1.24. The Kier molecular flexibility index (Phi) is 4.19. The zero-order chi connectivity index (χ0) is 12.1. The van der Waals surface area contributed by atoms with Crippen LogP contribution in [0.3, 0.4) is 0 Å². The van der Waals surface area contributed by atoms with E-state index in [9.17, 15) is 14.4 Å². The van der Waals surface area contributed by atoms with Crippen molar-refractivity contribution >= 4 is 34.7 Å². The first-order chi connectivity index (χ1) is 7.50. The van der Waals surface area contributed by atoms with Gasteiger partial charge >= 0.3 is 5.97 Å². The van der Waals surface area contributed by atoms with Crippen LogP contribution in [0.15, 0.2) is 11.4 Å². The molecule has 0 spiro atoms. The molecule has 5 nitrogen and oxygen atoms in total. The Morgan fingerprint density at radius 2 is 2.06 bits per heavy atom. The number of ketones is 1. The van der Waals surface area contributed by atoms with Crippen LogP contribution in [0.1, 0.15) is 29.4 Å². The summed E-state index contributed by atoms with van der Waals surface area (Å²) in [5.41, 5.74) is 0.452. The molecule has 16 heavy (non-hydrogen) atoms. The lowest BCUT2D eigenvalue weighted by atomic mass is 10.2. The zero-order valence-electron chi connectivity index (χ0n) is 8.65. The number of amides is 1. The second kappa shape index (κ2) is 5.41. The quantitative estimate of drug-likeness (QED) is 0.769. The summed E-state index contributed by atoms with van der Waals surface area (Å²) in [5.74, 6) is -1.54. The Morgan fingerprint density at radius 1 is 1.38 bits per heavy atom. The molecule has 0 aliphatic heterocycles. The lowest BCUT2D eigenvalue weighted by Gasteiger charge is -2.03. The third-order valence-electron chi connectivity index (χ3n) is 1.83. The summed E-state index contributed by atoms with van der Waals surface area (Å²) < 4.78 is 0. The molecule has 0 unspecified atom stereocenters. The largest absolute Gasteiger partial charge is 0.481 e. The molecule has 1 rings (SSSR count). The van der Waals surface area contributed by atoms with E-state index in [4.69, 9.17) is 5.11 Å². The van der Waals surface area contributed by atoms with E-state index in [0.717, 1.165) is 0 Å². The summed E-state index contributed by atoms with van der Waals surface area (Å²) in [6.07, 6.45) is -0.312. The fourth-order valence-electron chi connectivity index (χ4n) is 1.11. The Hall–Kier alpha value is -1.69. The molecule has 0 fully saturated rings. The SMILES string of the molecule is CC(=O)c1sccc1NC(=O)CCC(=O)O. The van der Waals surface area contributed by atoms with Crippen LogP contribution in [0.4, 0.5) is 5.69 Å². The maximum atomic E-state index is 11.3. The van der Waals surface area contributed by atoms with E-state index in [1.54, 1.807) is 11.4 Å². The van der Waals surface area contributed by atoms with E-state index in [1.165, 1.54) is 18.3 Å². The van der Waals surface area contributed by atoms with E-state index in [2.05, 4.69) is 5.32 Å². The summed E-state index contributed by atoms with van der Waals surface area (Å²) in [5, 5.41) is 12.6. The van der Waals surface area contributed by atoms with Crippen LogP contribution in [-0.4, -0.2) is 22.8 Å². The molecule has 0 aliphatic rings. The number of Topliss-reactive ketones (excluding diaryl/α,β-unsaturated/α-hetero) is 1. The average molecular weight is 241 g/mol. The third-order valence-corrected chi connectivity index (χ3v) is 2.84. The number of nitrogens with one attached hydrogen (secondary N) is 1. The van der Waals surface area contributed by atoms with E-state index >= 15 is 0 Å². The van der Waals surface area contributed by atoms with Gasteiger partial charge in [0, 0.05) is 13.3 Å². The maximum absolute atomic E-state index is 11.3. The number of hydrogen-bond donors (Lipinski definition) is 2. The van der Waals surface area contributed by atoms with Crippen molar-refractivity contribution in [2.45, 2.75) is 19.8 Å². The molecular formula is C10H11NO4S. The second-order valence-electron chi connectivity index (χ2n) is 3.16. The number of thiophene rings is 1. The summed E-state index contributed by atoms with van der Waals surface area (Å²) in [4.78, 5) is 33.2. The highest BCUT2D eigenvalue weighted by Crippen LogP contribution is 2.22. The maximum Gasteiger partial charge on any atom is 0.303 e. The molecule has 0 radical (unpaired) electrons. The van der Waals surface area contributed by atoms with Crippen molar-refractivity contribution in [3.8, 4) is 0 Å². The number of carboxylic acids is 1. The normalized spacial score (nSPS) is 9.81. The van der Waals surface area contributed by atoms with Crippen molar-refractivity contribution in [3.63, 3.8) is 0 Å². The van der Waals surface area contributed by atoms with Crippen molar-refractivity contribution in [3.05, 3.63) is 16.3 Å². The highest BCUT2D eigenvalue weighted by molar-refractivity contribution is 7.12. The van der Waals surface area contributed by atoms with Gasteiger partial charge in [0.1, 0.15) is 0 Å². The van der Waals surface area contributed by atoms with Crippen molar-refractivity contribution in [1.82, 2.24) is 0 Å². The minimum Gasteiger partial charge on any atom is -0.481 e. The number of rotatable bonds is 5. The van der Waals surface area contributed by atoms with E-state index in [-0.39, 0.29) is 18.6 Å². The van der Waals surface area contributed by atoms with E-state index in [1.807, 2.05) is 0 Å². The second-order valence-corrected chi connectivity index (χ2v) is 4.08. The van der Waals surface area contributed by atoms with Gasteiger partial charge in [0.15, 0.2) is 5.78 Å². The number of carbonyl (C=O) groups is 3. The number of hydrogen-bond acceptors (Lipinski definition) is 4. The molecule has 0 aromatic carbocycles. The van der Waals surface area contributed by atoms with Crippen LogP contribution >= 0.6 is 11.3 Å². The van der Waals surface area contributed by atoms with Gasteiger partial charge in [-0.25, -0.2) is 0 Å². The highest BCUT2D eigenvalue weighted by atomic mass is 32.1. The molecule has 1 amide bonds. The van der Waals surface area contributed by atoms with Gasteiger partial charge in [-0.15, -0.1) is 11.3 Å². The van der Waals surface area contributed by atoms with E-state index in [0.29, 0.717) is 10.6 Å². The topological polar surface area (TPSA) is 83.5 Å². The van der Waals surface area contributed by atoms with Crippen molar-refractivity contribution in [2.75, 3.05) is 5.32 Å². The summed E-state index contributed by atoms with van der Waals surface area (Å²) in [6, 6.07) is 1.63. The minimum atomic E-state index is -1.02. The van der Waals surface area contributed by atoms with Gasteiger partial charge in [-0.05, 0) is 11.4 Å². The standard InChI is InChI=1S/C10H11NO4S/c1-6(12)10-7(4-5-16-10)11-8(13)2-3-9(14)15/h4-5H,2-3H2,1H3,(H,11,13)(H,14,15). The number of anilines is 1. The Labute approximate surface area is 96.1 Å². The first kappa shape index (κ1) is 12.4. The van der Waals surface area contributed by atoms with Crippen LogP contribution < -0.4 is 5.32 Å². The van der Waals surface area contributed by atoms with Gasteiger partial charge in [0.05, 0.1) is 17.0 Å². The molecule has 0 aliphatic carbocycles. The Morgan fingerprint density at radius 3 is 2.62 bits per heavy atom. The van der Waals surface area contributed by atoms with Crippen LogP contribution in [0, 0.1) is 0 Å².